The second-order valence-electron chi connectivity index (χ2n) is 5.93. The first-order valence-corrected chi connectivity index (χ1v) is 6.98. The predicted molar refractivity (Wildman–Crippen MR) is 72.3 cm³/mol. The summed E-state index contributed by atoms with van der Waals surface area (Å²) in [6.07, 6.45) is 3.05. The second-order valence-corrected chi connectivity index (χ2v) is 5.93. The van der Waals surface area contributed by atoms with Gasteiger partial charge < -0.3 is 19.5 Å². The van der Waals surface area contributed by atoms with E-state index in [-0.39, 0.29) is 5.91 Å². The number of fused-ring (bicyclic) bond motifs is 1. The maximum atomic E-state index is 12.8. The van der Waals surface area contributed by atoms with E-state index < -0.39 is 29.5 Å². The lowest BCUT2D eigenvalue weighted by Crippen LogP contribution is -2.45. The number of hydrogen-bond donors (Lipinski definition) is 0. The van der Waals surface area contributed by atoms with Gasteiger partial charge in [0.2, 0.25) is 5.91 Å². The minimum Gasteiger partial charge on any atom is -0.550 e. The van der Waals surface area contributed by atoms with E-state index in [2.05, 4.69) is 0 Å². The topological polar surface area (TPSA) is 69.7 Å². The van der Waals surface area contributed by atoms with Crippen LogP contribution in [-0.2, 0) is 14.3 Å². The molecule has 21 heavy (non-hydrogen) atoms. The summed E-state index contributed by atoms with van der Waals surface area (Å²) in [6, 6.07) is 7.57. The number of carboxylic acids is 1. The Bertz CT molecular complexity index is 683. The van der Waals surface area contributed by atoms with Gasteiger partial charge in [0.1, 0.15) is 5.60 Å². The molecule has 0 unspecified atom stereocenters. The Hall–Kier alpha value is -2.14. The smallest absolute Gasteiger partial charge is 0.234 e. The highest BCUT2D eigenvalue weighted by atomic mass is 16.5. The lowest BCUT2D eigenvalue weighted by atomic mass is 9.77. The number of aliphatic carboxylic acids is 1. The van der Waals surface area contributed by atoms with Crippen LogP contribution in [0, 0.1) is 18.8 Å². The Morgan fingerprint density at radius 1 is 1.43 bits per heavy atom. The number of ether oxygens (including phenoxy) is 1. The number of carboxylic acid groups (broad SMARTS) is 1. The van der Waals surface area contributed by atoms with Crippen LogP contribution in [-0.4, -0.2) is 30.1 Å². The molecule has 0 radical (unpaired) electrons. The molecule has 0 aromatic heterocycles. The van der Waals surface area contributed by atoms with Crippen LogP contribution in [0.1, 0.15) is 5.56 Å². The van der Waals surface area contributed by atoms with Gasteiger partial charge in [-0.1, -0.05) is 30.4 Å². The number of nitrogens with zero attached hydrogens (tertiary/aromatic N) is 1. The van der Waals surface area contributed by atoms with Gasteiger partial charge in [-0.05, 0) is 18.6 Å². The van der Waals surface area contributed by atoms with Crippen molar-refractivity contribution < 1.29 is 19.4 Å². The Kier molecular flexibility index (Phi) is 2.37. The SMILES string of the molecule is Cc1ccccc1N1C[C@]23C=C[C@H](O2)[C@@H](C(=O)[O-])[C@H]3C1=O. The number of amides is 1. The second kappa shape index (κ2) is 3.95. The summed E-state index contributed by atoms with van der Waals surface area (Å²) >= 11 is 0. The van der Waals surface area contributed by atoms with Crippen molar-refractivity contribution in [2.45, 2.75) is 18.6 Å². The quantitative estimate of drug-likeness (QED) is 0.719. The van der Waals surface area contributed by atoms with Crippen molar-refractivity contribution in [3.05, 3.63) is 42.0 Å². The molecule has 0 N–H and O–H groups in total. The third kappa shape index (κ3) is 1.49. The van der Waals surface area contributed by atoms with Crippen LogP contribution < -0.4 is 10.0 Å². The zero-order valence-corrected chi connectivity index (χ0v) is 11.5. The van der Waals surface area contributed by atoms with Crippen LogP contribution in [0.5, 0.6) is 0 Å². The van der Waals surface area contributed by atoms with E-state index in [1.807, 2.05) is 37.3 Å². The first-order valence-electron chi connectivity index (χ1n) is 6.98. The van der Waals surface area contributed by atoms with Crippen molar-refractivity contribution in [3.8, 4) is 0 Å². The number of anilines is 1. The van der Waals surface area contributed by atoms with Crippen molar-refractivity contribution in [1.82, 2.24) is 0 Å². The Morgan fingerprint density at radius 2 is 2.19 bits per heavy atom. The molecule has 3 aliphatic heterocycles. The van der Waals surface area contributed by atoms with E-state index in [9.17, 15) is 14.7 Å². The average molecular weight is 284 g/mol. The van der Waals surface area contributed by atoms with Crippen molar-refractivity contribution in [1.29, 1.82) is 0 Å². The standard InChI is InChI=1S/C16H15NO4/c1-9-4-2-3-5-10(9)17-8-16-7-6-11(21-16)12(15(19)20)13(16)14(17)18/h2-7,11-13H,8H2,1H3,(H,19,20)/p-1/t11-,12+,13-,16-/m0/s1. The molecule has 2 bridgehead atoms. The number of hydrogen-bond acceptors (Lipinski definition) is 4. The lowest BCUT2D eigenvalue weighted by Gasteiger charge is -2.24. The van der Waals surface area contributed by atoms with Gasteiger partial charge in [0, 0.05) is 17.6 Å². The van der Waals surface area contributed by atoms with Crippen LogP contribution in [0.2, 0.25) is 0 Å². The number of aryl methyl sites for hydroxylation is 1. The van der Waals surface area contributed by atoms with Crippen LogP contribution in [0.15, 0.2) is 36.4 Å². The lowest BCUT2D eigenvalue weighted by molar-refractivity contribution is -0.313. The first-order chi connectivity index (χ1) is 10.0. The normalized spacial score (nSPS) is 36.3. The molecule has 1 aromatic rings. The molecule has 108 valence electrons. The maximum absolute atomic E-state index is 12.8. The van der Waals surface area contributed by atoms with Gasteiger partial charge in [-0.15, -0.1) is 0 Å². The minimum atomic E-state index is -1.21. The largest absolute Gasteiger partial charge is 0.550 e. The molecule has 0 saturated carbocycles. The van der Waals surface area contributed by atoms with Crippen LogP contribution in [0.3, 0.4) is 0 Å². The van der Waals surface area contributed by atoms with Crippen LogP contribution in [0.25, 0.3) is 0 Å². The van der Waals surface area contributed by atoms with Gasteiger partial charge in [0.15, 0.2) is 0 Å². The fraction of sp³-hybridized carbons (Fsp3) is 0.375. The first kappa shape index (κ1) is 12.6. The molecule has 0 aliphatic carbocycles. The molecule has 3 heterocycles. The van der Waals surface area contributed by atoms with Gasteiger partial charge >= 0.3 is 0 Å². The molecule has 5 nitrogen and oxygen atoms in total. The van der Waals surface area contributed by atoms with Crippen molar-refractivity contribution >= 4 is 17.6 Å². The zero-order chi connectivity index (χ0) is 14.8. The molecular formula is C16H14NO4-. The highest BCUT2D eigenvalue weighted by molar-refractivity contribution is 6.02. The molecule has 5 heteroatoms. The molecule has 1 aromatic carbocycles. The Morgan fingerprint density at radius 3 is 2.90 bits per heavy atom. The van der Waals surface area contributed by atoms with Gasteiger partial charge in [-0.25, -0.2) is 0 Å². The summed E-state index contributed by atoms with van der Waals surface area (Å²) in [7, 11) is 0. The summed E-state index contributed by atoms with van der Waals surface area (Å²) in [4.78, 5) is 25.8. The number of para-hydroxylation sites is 1. The van der Waals surface area contributed by atoms with Crippen molar-refractivity contribution in [3.63, 3.8) is 0 Å². The summed E-state index contributed by atoms with van der Waals surface area (Å²) < 4.78 is 5.83. The number of rotatable bonds is 2. The molecule has 2 saturated heterocycles. The zero-order valence-electron chi connectivity index (χ0n) is 11.5. The third-order valence-electron chi connectivity index (χ3n) is 4.78. The van der Waals surface area contributed by atoms with E-state index in [4.69, 9.17) is 4.74 Å². The molecule has 1 spiro atoms. The van der Waals surface area contributed by atoms with E-state index >= 15 is 0 Å². The van der Waals surface area contributed by atoms with Crippen LogP contribution in [0.4, 0.5) is 5.69 Å². The third-order valence-corrected chi connectivity index (χ3v) is 4.78. The fourth-order valence-corrected chi connectivity index (χ4v) is 3.84. The highest BCUT2D eigenvalue weighted by Crippen LogP contribution is 2.52. The Labute approximate surface area is 121 Å². The summed E-state index contributed by atoms with van der Waals surface area (Å²) in [5.41, 5.74) is 0.976. The molecular weight excluding hydrogens is 270 g/mol. The summed E-state index contributed by atoms with van der Waals surface area (Å²) in [6.45, 7) is 2.29. The van der Waals surface area contributed by atoms with Gasteiger partial charge in [-0.3, -0.25) is 4.79 Å². The van der Waals surface area contributed by atoms with Crippen molar-refractivity contribution in [2.75, 3.05) is 11.4 Å². The number of carbonyl (C=O) groups excluding carboxylic acids is 2. The monoisotopic (exact) mass is 284 g/mol. The van der Waals surface area contributed by atoms with E-state index in [1.54, 1.807) is 11.0 Å². The maximum Gasteiger partial charge on any atom is 0.234 e. The average Bonchev–Trinajstić information content (AvgIpc) is 3.08. The number of carbonyl (C=O) groups is 2. The number of benzene rings is 1. The van der Waals surface area contributed by atoms with Gasteiger partial charge in [-0.2, -0.15) is 0 Å². The fourth-order valence-electron chi connectivity index (χ4n) is 3.84. The van der Waals surface area contributed by atoms with E-state index in [0.717, 1.165) is 11.3 Å². The van der Waals surface area contributed by atoms with Gasteiger partial charge in [0.25, 0.3) is 0 Å². The summed E-state index contributed by atoms with van der Waals surface area (Å²) in [5, 5.41) is 11.4. The minimum absolute atomic E-state index is 0.189. The molecule has 3 aliphatic rings. The van der Waals surface area contributed by atoms with E-state index in [1.165, 1.54) is 0 Å². The highest BCUT2D eigenvalue weighted by Gasteiger charge is 2.65. The molecule has 4 atom stereocenters. The van der Waals surface area contributed by atoms with E-state index in [0.29, 0.717) is 6.54 Å². The summed E-state index contributed by atoms with van der Waals surface area (Å²) in [5.74, 6) is -2.98. The van der Waals surface area contributed by atoms with Gasteiger partial charge in [0.05, 0.1) is 18.6 Å². The molecule has 2 fully saturated rings. The molecule has 4 rings (SSSR count). The van der Waals surface area contributed by atoms with Crippen molar-refractivity contribution in [2.24, 2.45) is 11.8 Å². The van der Waals surface area contributed by atoms with Crippen LogP contribution >= 0.6 is 0 Å². The molecule has 1 amide bonds. The Balaban J connectivity index is 1.78. The predicted octanol–water partition coefficient (Wildman–Crippen LogP) is 0.0313.